The van der Waals surface area contributed by atoms with Crippen molar-refractivity contribution in [1.82, 2.24) is 10.3 Å². The monoisotopic (exact) mass is 276 g/mol. The van der Waals surface area contributed by atoms with E-state index in [0.29, 0.717) is 24.4 Å². The second kappa shape index (κ2) is 4.57. The van der Waals surface area contributed by atoms with Crippen LogP contribution >= 0.6 is 0 Å². The van der Waals surface area contributed by atoms with Crippen molar-refractivity contribution in [3.63, 3.8) is 0 Å². The zero-order valence-corrected chi connectivity index (χ0v) is 10.4. The zero-order valence-electron chi connectivity index (χ0n) is 10.4. The van der Waals surface area contributed by atoms with E-state index in [1.165, 1.54) is 12.1 Å². The Hall–Kier alpha value is -2.48. The number of nitro benzene ring substituents is 1. The molecule has 2 N–H and O–H groups in total. The predicted octanol–water partition coefficient (Wildman–Crippen LogP) is -0.179. The van der Waals surface area contributed by atoms with Gasteiger partial charge in [0.05, 0.1) is 11.0 Å². The van der Waals surface area contributed by atoms with Crippen LogP contribution < -0.4 is 5.43 Å². The van der Waals surface area contributed by atoms with Crippen LogP contribution in [0.4, 0.5) is 5.69 Å². The van der Waals surface area contributed by atoms with E-state index in [1.807, 2.05) is 0 Å². The van der Waals surface area contributed by atoms with Crippen LogP contribution in [0.5, 0.6) is 0 Å². The number of carbonyl (C=O) groups is 1. The van der Waals surface area contributed by atoms with Crippen molar-refractivity contribution in [3.05, 3.63) is 39.9 Å². The number of nitrogens with one attached hydrogen (secondary N) is 1. The van der Waals surface area contributed by atoms with Gasteiger partial charge < -0.3 is 10.0 Å². The SMILES string of the molecule is O=C1NN=C(c2cccc([N+](=O)[O-])c2)N2C[C@H](O)C[C@@H]12. The highest BCUT2D eigenvalue weighted by molar-refractivity contribution is 6.04. The van der Waals surface area contributed by atoms with Crippen molar-refractivity contribution in [2.24, 2.45) is 5.10 Å². The highest BCUT2D eigenvalue weighted by atomic mass is 16.6. The molecule has 2 atom stereocenters. The van der Waals surface area contributed by atoms with Gasteiger partial charge in [0.25, 0.3) is 11.6 Å². The minimum absolute atomic E-state index is 0.0432. The van der Waals surface area contributed by atoms with Gasteiger partial charge in [-0.3, -0.25) is 14.9 Å². The van der Waals surface area contributed by atoms with Crippen molar-refractivity contribution in [2.75, 3.05) is 6.54 Å². The number of nitro groups is 1. The molecule has 1 amide bonds. The van der Waals surface area contributed by atoms with Crippen LogP contribution in [0.2, 0.25) is 0 Å². The molecule has 8 heteroatoms. The van der Waals surface area contributed by atoms with Crippen LogP contribution in [-0.2, 0) is 4.79 Å². The summed E-state index contributed by atoms with van der Waals surface area (Å²) in [6, 6.07) is 5.57. The van der Waals surface area contributed by atoms with Gasteiger partial charge in [-0.15, -0.1) is 0 Å². The number of rotatable bonds is 2. The Morgan fingerprint density at radius 1 is 1.50 bits per heavy atom. The molecular formula is C12H12N4O4. The Morgan fingerprint density at radius 2 is 2.30 bits per heavy atom. The average molecular weight is 276 g/mol. The Kier molecular flexibility index (Phi) is 2.87. The first-order valence-electron chi connectivity index (χ1n) is 6.13. The van der Waals surface area contributed by atoms with Crippen LogP contribution in [0.25, 0.3) is 0 Å². The molecule has 0 aliphatic carbocycles. The first-order valence-corrected chi connectivity index (χ1v) is 6.13. The standard InChI is InChI=1S/C12H12N4O4/c17-9-5-10-12(18)14-13-11(15(10)6-9)7-2-1-3-8(4-7)16(19)20/h1-4,9-10,17H,5-6H2,(H,14,18)/t9-,10+/m1/s1. The summed E-state index contributed by atoms with van der Waals surface area (Å²) in [4.78, 5) is 23.7. The van der Waals surface area contributed by atoms with E-state index in [1.54, 1.807) is 17.0 Å². The van der Waals surface area contributed by atoms with Gasteiger partial charge in [0.1, 0.15) is 6.04 Å². The summed E-state index contributed by atoms with van der Waals surface area (Å²) in [5, 5.41) is 24.5. The van der Waals surface area contributed by atoms with E-state index >= 15 is 0 Å². The lowest BCUT2D eigenvalue weighted by Crippen LogP contribution is -2.50. The Bertz CT molecular complexity index is 615. The number of amidine groups is 1. The average Bonchev–Trinajstić information content (AvgIpc) is 2.82. The summed E-state index contributed by atoms with van der Waals surface area (Å²) in [6.07, 6.45) is -0.271. The van der Waals surface area contributed by atoms with Crippen LogP contribution in [0.3, 0.4) is 0 Å². The van der Waals surface area contributed by atoms with Crippen molar-refractivity contribution in [3.8, 4) is 0 Å². The lowest BCUT2D eigenvalue weighted by Gasteiger charge is -2.30. The zero-order chi connectivity index (χ0) is 14.3. The molecule has 1 aromatic rings. The molecular weight excluding hydrogens is 264 g/mol. The van der Waals surface area contributed by atoms with Gasteiger partial charge in [-0.2, -0.15) is 5.10 Å². The van der Waals surface area contributed by atoms with E-state index in [4.69, 9.17) is 0 Å². The summed E-state index contributed by atoms with van der Waals surface area (Å²) in [5.41, 5.74) is 2.89. The van der Waals surface area contributed by atoms with E-state index in [0.717, 1.165) is 0 Å². The maximum Gasteiger partial charge on any atom is 0.270 e. The van der Waals surface area contributed by atoms with Gasteiger partial charge in [-0.1, -0.05) is 12.1 Å². The molecule has 2 aliphatic heterocycles. The molecule has 0 radical (unpaired) electrons. The molecule has 0 bridgehead atoms. The Labute approximate surface area is 113 Å². The number of aliphatic hydroxyl groups is 1. The van der Waals surface area contributed by atoms with E-state index in [9.17, 15) is 20.0 Å². The number of non-ortho nitro benzene ring substituents is 1. The van der Waals surface area contributed by atoms with Crippen LogP contribution in [0.1, 0.15) is 12.0 Å². The highest BCUT2D eigenvalue weighted by Gasteiger charge is 2.40. The van der Waals surface area contributed by atoms with Gasteiger partial charge >= 0.3 is 0 Å². The fourth-order valence-electron chi connectivity index (χ4n) is 2.53. The fraction of sp³-hybridized carbons (Fsp3) is 0.333. The first-order chi connectivity index (χ1) is 9.56. The third-order valence-electron chi connectivity index (χ3n) is 3.44. The molecule has 1 aromatic carbocycles. The number of nitrogens with zero attached hydrogens (tertiary/aromatic N) is 3. The van der Waals surface area contributed by atoms with E-state index < -0.39 is 17.1 Å². The van der Waals surface area contributed by atoms with Gasteiger partial charge in [0, 0.05) is 30.7 Å². The van der Waals surface area contributed by atoms with Gasteiger partial charge in [-0.05, 0) is 0 Å². The second-order valence-corrected chi connectivity index (χ2v) is 4.78. The van der Waals surface area contributed by atoms with Gasteiger partial charge in [0.2, 0.25) is 0 Å². The number of hydrogen-bond donors (Lipinski definition) is 2. The minimum atomic E-state index is -0.604. The van der Waals surface area contributed by atoms with E-state index in [2.05, 4.69) is 10.5 Å². The van der Waals surface area contributed by atoms with Crippen molar-refractivity contribution >= 4 is 17.4 Å². The van der Waals surface area contributed by atoms with E-state index in [-0.39, 0.29) is 11.6 Å². The molecule has 0 aromatic heterocycles. The molecule has 3 rings (SSSR count). The normalized spacial score (nSPS) is 24.9. The number of amides is 1. The predicted molar refractivity (Wildman–Crippen MR) is 68.9 cm³/mol. The van der Waals surface area contributed by atoms with Crippen LogP contribution in [0, 0.1) is 10.1 Å². The highest BCUT2D eigenvalue weighted by Crippen LogP contribution is 2.25. The lowest BCUT2D eigenvalue weighted by molar-refractivity contribution is -0.384. The van der Waals surface area contributed by atoms with Crippen LogP contribution in [0.15, 0.2) is 29.4 Å². The quantitative estimate of drug-likeness (QED) is 0.575. The maximum atomic E-state index is 11.7. The minimum Gasteiger partial charge on any atom is -0.391 e. The third-order valence-corrected chi connectivity index (χ3v) is 3.44. The third kappa shape index (κ3) is 1.99. The number of hydrazone groups is 1. The van der Waals surface area contributed by atoms with Crippen molar-refractivity contribution in [2.45, 2.75) is 18.6 Å². The maximum absolute atomic E-state index is 11.7. The van der Waals surface area contributed by atoms with Crippen molar-refractivity contribution in [1.29, 1.82) is 0 Å². The molecule has 2 aliphatic rings. The fourth-order valence-corrected chi connectivity index (χ4v) is 2.53. The number of fused-ring (bicyclic) bond motifs is 1. The Balaban J connectivity index is 1.99. The molecule has 8 nitrogen and oxygen atoms in total. The molecule has 20 heavy (non-hydrogen) atoms. The summed E-state index contributed by atoms with van der Waals surface area (Å²) >= 11 is 0. The smallest absolute Gasteiger partial charge is 0.270 e. The number of carbonyl (C=O) groups excluding carboxylic acids is 1. The number of aliphatic hydroxyl groups excluding tert-OH is 1. The number of hydrogen-bond acceptors (Lipinski definition) is 6. The Morgan fingerprint density at radius 3 is 3.05 bits per heavy atom. The second-order valence-electron chi connectivity index (χ2n) is 4.78. The largest absolute Gasteiger partial charge is 0.391 e. The summed E-state index contributed by atoms with van der Waals surface area (Å²) in [5.74, 6) is 0.172. The molecule has 2 heterocycles. The lowest BCUT2D eigenvalue weighted by atomic mass is 10.1. The summed E-state index contributed by atoms with van der Waals surface area (Å²) in [7, 11) is 0. The topological polar surface area (TPSA) is 108 Å². The molecule has 0 spiro atoms. The molecule has 0 unspecified atom stereocenters. The number of benzene rings is 1. The molecule has 0 saturated carbocycles. The molecule has 104 valence electrons. The summed E-state index contributed by atoms with van der Waals surface area (Å²) < 4.78 is 0. The van der Waals surface area contributed by atoms with Crippen LogP contribution in [-0.4, -0.2) is 45.4 Å². The molecule has 1 fully saturated rings. The van der Waals surface area contributed by atoms with Gasteiger partial charge in [0.15, 0.2) is 5.84 Å². The first kappa shape index (κ1) is 12.5. The van der Waals surface area contributed by atoms with Crippen molar-refractivity contribution < 1.29 is 14.8 Å². The van der Waals surface area contributed by atoms with Gasteiger partial charge in [-0.25, -0.2) is 5.43 Å². The molecule has 1 saturated heterocycles. The summed E-state index contributed by atoms with van der Waals surface area (Å²) in [6.45, 7) is 0.291.